The van der Waals surface area contributed by atoms with Crippen LogP contribution in [0.25, 0.3) is 11.7 Å². The number of nitrogens with zero attached hydrogens (tertiary/aromatic N) is 5. The summed E-state index contributed by atoms with van der Waals surface area (Å²) in [5.41, 5.74) is 4.27. The van der Waals surface area contributed by atoms with Crippen molar-refractivity contribution in [3.63, 3.8) is 0 Å². The number of fused-ring (bicyclic) bond motifs is 1. The number of rotatable bonds is 7. The molecule has 0 atom stereocenters. The number of aromatic nitrogens is 4. The molecule has 9 nitrogen and oxygen atoms in total. The Balaban J connectivity index is 2.04. The van der Waals surface area contributed by atoms with E-state index in [9.17, 15) is 8.42 Å². The first-order chi connectivity index (χ1) is 14.2. The molecule has 0 aliphatic rings. The predicted molar refractivity (Wildman–Crippen MR) is 116 cm³/mol. The Bertz CT molecular complexity index is 1230. The van der Waals surface area contributed by atoms with Gasteiger partial charge >= 0.3 is 0 Å². The van der Waals surface area contributed by atoms with E-state index in [1.54, 1.807) is 12.3 Å². The van der Waals surface area contributed by atoms with Gasteiger partial charge in [0.1, 0.15) is 0 Å². The van der Waals surface area contributed by atoms with Crippen molar-refractivity contribution in [2.45, 2.75) is 38.4 Å². The van der Waals surface area contributed by atoms with Gasteiger partial charge in [0.05, 0.1) is 12.4 Å². The van der Waals surface area contributed by atoms with E-state index in [0.717, 1.165) is 28.5 Å². The summed E-state index contributed by atoms with van der Waals surface area (Å²) in [7, 11) is -3.60. The monoisotopic (exact) mass is 428 g/mol. The summed E-state index contributed by atoms with van der Waals surface area (Å²) in [6.45, 7) is 6.34. The summed E-state index contributed by atoms with van der Waals surface area (Å²) in [6.07, 6.45) is 7.53. The molecular formula is C20H24N6O3S. The van der Waals surface area contributed by atoms with E-state index in [2.05, 4.69) is 25.5 Å². The first kappa shape index (κ1) is 21.4. The third-order valence-electron chi connectivity index (χ3n) is 4.60. The molecule has 2 aromatic heterocycles. The van der Waals surface area contributed by atoms with Crippen LogP contribution < -0.4 is 5.32 Å². The maximum atomic E-state index is 12.1. The zero-order valence-corrected chi connectivity index (χ0v) is 18.1. The van der Waals surface area contributed by atoms with Crippen molar-refractivity contribution in [1.82, 2.24) is 19.6 Å². The van der Waals surface area contributed by atoms with Crippen LogP contribution in [0.5, 0.6) is 0 Å². The summed E-state index contributed by atoms with van der Waals surface area (Å²) >= 11 is 0. The molecule has 0 amide bonds. The van der Waals surface area contributed by atoms with Gasteiger partial charge in [-0.2, -0.15) is 19.6 Å². The van der Waals surface area contributed by atoms with Crippen molar-refractivity contribution in [2.75, 3.05) is 11.6 Å². The number of hydrogen-bond acceptors (Lipinski definition) is 8. The molecule has 0 fully saturated rings. The summed E-state index contributed by atoms with van der Waals surface area (Å²) in [6, 6.07) is 5.87. The van der Waals surface area contributed by atoms with Gasteiger partial charge in [-0.3, -0.25) is 0 Å². The molecule has 3 aromatic rings. The Morgan fingerprint density at radius 1 is 1.30 bits per heavy atom. The van der Waals surface area contributed by atoms with Crippen LogP contribution in [0.3, 0.4) is 0 Å². The average Bonchev–Trinajstić information content (AvgIpc) is 3.11. The number of aryl methyl sites for hydroxylation is 1. The molecule has 0 spiro atoms. The van der Waals surface area contributed by atoms with Gasteiger partial charge in [0.2, 0.25) is 15.8 Å². The van der Waals surface area contributed by atoms with Crippen LogP contribution in [0.4, 0.5) is 5.95 Å². The van der Waals surface area contributed by atoms with Crippen molar-refractivity contribution in [1.29, 1.82) is 0 Å². The fraction of sp³-hybridized carbons (Fsp3) is 0.300. The van der Waals surface area contributed by atoms with Crippen LogP contribution in [0.1, 0.15) is 42.0 Å². The number of anilines is 1. The molecule has 0 saturated heterocycles. The minimum atomic E-state index is -3.60. The van der Waals surface area contributed by atoms with Crippen LogP contribution in [0.15, 0.2) is 40.8 Å². The molecule has 0 unspecified atom stereocenters. The normalized spacial score (nSPS) is 12.6. The van der Waals surface area contributed by atoms with Gasteiger partial charge in [-0.1, -0.05) is 43.3 Å². The van der Waals surface area contributed by atoms with Crippen LogP contribution in [0, 0.1) is 6.92 Å². The lowest BCUT2D eigenvalue weighted by molar-refractivity contribution is 0.322. The van der Waals surface area contributed by atoms with Crippen LogP contribution in [-0.2, 0) is 16.4 Å². The molecule has 0 bridgehead atoms. The largest absolute Gasteiger partial charge is 0.411 e. The fourth-order valence-electron chi connectivity index (χ4n) is 3.05. The Labute approximate surface area is 175 Å². The number of allylic oxidation sites excluding steroid dienone is 1. The lowest BCUT2D eigenvalue weighted by Gasteiger charge is -2.13. The van der Waals surface area contributed by atoms with Crippen molar-refractivity contribution in [2.24, 2.45) is 5.16 Å². The minimum absolute atomic E-state index is 0.124. The second kappa shape index (κ2) is 8.62. The lowest BCUT2D eigenvalue weighted by atomic mass is 10.0. The molecule has 30 heavy (non-hydrogen) atoms. The lowest BCUT2D eigenvalue weighted by Crippen LogP contribution is -2.14. The highest BCUT2D eigenvalue weighted by atomic mass is 32.2. The molecule has 0 aliphatic carbocycles. The summed E-state index contributed by atoms with van der Waals surface area (Å²) in [5.74, 6) is 0.417. The third-order valence-corrected chi connectivity index (χ3v) is 5.44. The fourth-order valence-corrected chi connectivity index (χ4v) is 3.55. The highest BCUT2D eigenvalue weighted by Crippen LogP contribution is 2.23. The second-order valence-corrected chi connectivity index (χ2v) is 9.13. The molecule has 3 rings (SSSR count). The smallest absolute Gasteiger partial charge is 0.252 e. The highest BCUT2D eigenvalue weighted by Gasteiger charge is 2.20. The minimum Gasteiger partial charge on any atom is -0.411 e. The van der Waals surface area contributed by atoms with Gasteiger partial charge in [0.25, 0.3) is 5.16 Å². The standard InChI is InChI=1S/C20H24N6O3S/c1-13(2)17-12-22-26-18(17)24-20(30(4,28)29)25-19(26)21-11-15-8-5-7-14(3)16(15)9-6-10-23-27/h5-10,12-13,27H,11H2,1-4H3,(H,21,24,25)/b9-6-,23-10+. The highest BCUT2D eigenvalue weighted by molar-refractivity contribution is 7.90. The Morgan fingerprint density at radius 2 is 2.07 bits per heavy atom. The predicted octanol–water partition coefficient (Wildman–Crippen LogP) is 3.04. The number of sulfone groups is 1. The molecule has 2 N–H and O–H groups in total. The van der Waals surface area contributed by atoms with Gasteiger partial charge < -0.3 is 10.5 Å². The SMILES string of the molecule is Cc1cccc(CNc2nc(S(C)(=O)=O)nc3c(C(C)C)cnn23)c1/C=C\C=N\O. The van der Waals surface area contributed by atoms with E-state index in [1.807, 2.05) is 45.0 Å². The van der Waals surface area contributed by atoms with Crippen molar-refractivity contribution in [3.05, 3.63) is 52.7 Å². The van der Waals surface area contributed by atoms with Crippen molar-refractivity contribution >= 4 is 33.7 Å². The molecule has 0 radical (unpaired) electrons. The van der Waals surface area contributed by atoms with Crippen LogP contribution in [0.2, 0.25) is 0 Å². The van der Waals surface area contributed by atoms with Gasteiger partial charge in [0.15, 0.2) is 5.65 Å². The van der Waals surface area contributed by atoms with Gasteiger partial charge in [0, 0.05) is 18.4 Å². The van der Waals surface area contributed by atoms with E-state index >= 15 is 0 Å². The Kier molecular flexibility index (Phi) is 6.16. The molecule has 0 aliphatic heterocycles. The Morgan fingerprint density at radius 3 is 2.73 bits per heavy atom. The number of nitrogens with one attached hydrogen (secondary N) is 1. The number of hydrogen-bond donors (Lipinski definition) is 2. The number of oxime groups is 1. The second-order valence-electron chi connectivity index (χ2n) is 7.22. The van der Waals surface area contributed by atoms with Gasteiger partial charge in [-0.05, 0) is 35.6 Å². The molecular weight excluding hydrogens is 404 g/mol. The van der Waals surface area contributed by atoms with E-state index in [0.29, 0.717) is 18.1 Å². The van der Waals surface area contributed by atoms with E-state index in [1.165, 1.54) is 10.7 Å². The molecule has 158 valence electrons. The van der Waals surface area contributed by atoms with Gasteiger partial charge in [-0.15, -0.1) is 0 Å². The van der Waals surface area contributed by atoms with Crippen molar-refractivity contribution in [3.8, 4) is 0 Å². The summed E-state index contributed by atoms with van der Waals surface area (Å²) in [5, 5.41) is 18.9. The van der Waals surface area contributed by atoms with Crippen LogP contribution >= 0.6 is 0 Å². The topological polar surface area (TPSA) is 122 Å². The zero-order valence-electron chi connectivity index (χ0n) is 17.2. The molecule has 10 heteroatoms. The quantitative estimate of drug-likeness (QED) is 0.337. The molecule has 2 heterocycles. The van der Waals surface area contributed by atoms with Crippen molar-refractivity contribution < 1.29 is 13.6 Å². The average molecular weight is 429 g/mol. The van der Waals surface area contributed by atoms with Crippen LogP contribution in [-0.4, -0.2) is 45.7 Å². The van der Waals surface area contributed by atoms with Gasteiger partial charge in [-0.25, -0.2) is 8.42 Å². The maximum absolute atomic E-state index is 12.1. The van der Waals surface area contributed by atoms with E-state index < -0.39 is 9.84 Å². The number of benzene rings is 1. The molecule has 1 aromatic carbocycles. The van der Waals surface area contributed by atoms with E-state index in [4.69, 9.17) is 5.21 Å². The maximum Gasteiger partial charge on any atom is 0.252 e. The Hall–Kier alpha value is -3.27. The molecule has 0 saturated carbocycles. The summed E-state index contributed by atoms with van der Waals surface area (Å²) in [4.78, 5) is 8.44. The van der Waals surface area contributed by atoms with E-state index in [-0.39, 0.29) is 11.1 Å². The first-order valence-corrected chi connectivity index (χ1v) is 11.2. The third kappa shape index (κ3) is 4.48. The summed E-state index contributed by atoms with van der Waals surface area (Å²) < 4.78 is 25.8. The first-order valence-electron chi connectivity index (χ1n) is 9.34. The zero-order chi connectivity index (χ0) is 21.9.